The molecule has 0 aromatic heterocycles. The SMILES string of the molecule is O=C(COC(=O)c1ccccc1N1C(=O)c2cc(Cl)c(Cl)cc2C1=O)c1ccccc1Cl. The minimum Gasteiger partial charge on any atom is -0.454 e. The van der Waals surface area contributed by atoms with E-state index in [1.165, 1.54) is 30.3 Å². The van der Waals surface area contributed by atoms with E-state index in [9.17, 15) is 19.2 Å². The molecule has 0 radical (unpaired) electrons. The third-order valence-corrected chi connectivity index (χ3v) is 5.85. The number of amides is 2. The Balaban J connectivity index is 1.60. The summed E-state index contributed by atoms with van der Waals surface area (Å²) >= 11 is 18.0. The molecule has 4 rings (SSSR count). The summed E-state index contributed by atoms with van der Waals surface area (Å²) in [7, 11) is 0. The molecule has 0 fully saturated rings. The number of anilines is 1. The zero-order valence-corrected chi connectivity index (χ0v) is 18.4. The van der Waals surface area contributed by atoms with E-state index in [2.05, 4.69) is 0 Å². The second-order valence-electron chi connectivity index (χ2n) is 6.75. The quantitative estimate of drug-likeness (QED) is 0.270. The van der Waals surface area contributed by atoms with Gasteiger partial charge in [-0.05, 0) is 36.4 Å². The zero-order valence-electron chi connectivity index (χ0n) is 16.1. The largest absolute Gasteiger partial charge is 0.454 e. The van der Waals surface area contributed by atoms with Crippen molar-refractivity contribution in [2.45, 2.75) is 0 Å². The van der Waals surface area contributed by atoms with Crippen LogP contribution >= 0.6 is 34.8 Å². The standard InChI is InChI=1S/C23H12Cl3NO5/c24-16-7-3-1-5-12(16)20(28)11-32-23(31)13-6-2-4-8-19(13)27-21(29)14-9-17(25)18(26)10-15(14)22(27)30/h1-10H,11H2. The third kappa shape index (κ3) is 3.88. The van der Waals surface area contributed by atoms with Gasteiger partial charge in [0.2, 0.25) is 5.78 Å². The van der Waals surface area contributed by atoms with Crippen molar-refractivity contribution in [1.29, 1.82) is 0 Å². The molecule has 1 heterocycles. The van der Waals surface area contributed by atoms with Crippen molar-refractivity contribution < 1.29 is 23.9 Å². The van der Waals surface area contributed by atoms with Crippen molar-refractivity contribution >= 4 is 64.1 Å². The number of nitrogens with zero attached hydrogens (tertiary/aromatic N) is 1. The first-order valence-corrected chi connectivity index (χ1v) is 10.3. The van der Waals surface area contributed by atoms with Gasteiger partial charge in [0, 0.05) is 5.56 Å². The molecule has 1 aliphatic heterocycles. The second-order valence-corrected chi connectivity index (χ2v) is 7.98. The van der Waals surface area contributed by atoms with Crippen LogP contribution in [0.4, 0.5) is 5.69 Å². The Bertz CT molecular complexity index is 1260. The van der Waals surface area contributed by atoms with E-state index in [0.717, 1.165) is 4.90 Å². The van der Waals surface area contributed by atoms with E-state index >= 15 is 0 Å². The maximum atomic E-state index is 12.9. The van der Waals surface area contributed by atoms with Crippen LogP contribution in [0.5, 0.6) is 0 Å². The molecule has 0 spiro atoms. The summed E-state index contributed by atoms with van der Waals surface area (Å²) in [6.45, 7) is -0.565. The number of ether oxygens (including phenoxy) is 1. The van der Waals surface area contributed by atoms with Crippen molar-refractivity contribution in [3.05, 3.63) is 98.0 Å². The zero-order chi connectivity index (χ0) is 23.0. The minimum atomic E-state index is -0.881. The van der Waals surface area contributed by atoms with E-state index in [-0.39, 0.29) is 43.0 Å². The molecule has 1 aliphatic rings. The molecule has 3 aromatic rings. The number of benzene rings is 3. The summed E-state index contributed by atoms with van der Waals surface area (Å²) in [6.07, 6.45) is 0. The van der Waals surface area contributed by atoms with Gasteiger partial charge in [-0.25, -0.2) is 9.69 Å². The topological polar surface area (TPSA) is 80.8 Å². The van der Waals surface area contributed by atoms with Gasteiger partial charge in [0.25, 0.3) is 11.8 Å². The first-order valence-electron chi connectivity index (χ1n) is 9.21. The van der Waals surface area contributed by atoms with Crippen LogP contribution < -0.4 is 4.90 Å². The summed E-state index contributed by atoms with van der Waals surface area (Å²) < 4.78 is 5.15. The number of hydrogen-bond donors (Lipinski definition) is 0. The Morgan fingerprint density at radius 2 is 1.28 bits per heavy atom. The molecule has 32 heavy (non-hydrogen) atoms. The average Bonchev–Trinajstić information content (AvgIpc) is 3.01. The van der Waals surface area contributed by atoms with Crippen LogP contribution in [-0.4, -0.2) is 30.2 Å². The Morgan fingerprint density at radius 1 is 0.750 bits per heavy atom. The highest BCUT2D eigenvalue weighted by Crippen LogP contribution is 2.35. The lowest BCUT2D eigenvalue weighted by atomic mass is 10.1. The molecule has 3 aromatic carbocycles. The number of halogens is 3. The Kier molecular flexibility index (Phi) is 6.02. The number of carbonyl (C=O) groups is 4. The number of ketones is 1. The minimum absolute atomic E-state index is 0.0149. The number of rotatable bonds is 5. The molecule has 0 atom stereocenters. The molecule has 0 N–H and O–H groups in total. The smallest absolute Gasteiger partial charge is 0.340 e. The predicted octanol–water partition coefficient (Wildman–Crippen LogP) is 5.49. The van der Waals surface area contributed by atoms with Gasteiger partial charge >= 0.3 is 5.97 Å². The summed E-state index contributed by atoms with van der Waals surface area (Å²) in [6, 6.07) is 14.9. The van der Waals surface area contributed by atoms with E-state index in [1.807, 2.05) is 0 Å². The highest BCUT2D eigenvalue weighted by atomic mass is 35.5. The lowest BCUT2D eigenvalue weighted by Gasteiger charge is -2.17. The van der Waals surface area contributed by atoms with Gasteiger partial charge in [-0.1, -0.05) is 59.1 Å². The van der Waals surface area contributed by atoms with E-state index in [4.69, 9.17) is 39.5 Å². The fourth-order valence-electron chi connectivity index (χ4n) is 3.27. The number of hydrogen-bond acceptors (Lipinski definition) is 5. The number of para-hydroxylation sites is 1. The number of carbonyl (C=O) groups excluding carboxylic acids is 4. The number of imide groups is 1. The molecule has 2 amide bonds. The maximum absolute atomic E-state index is 12.9. The third-order valence-electron chi connectivity index (χ3n) is 4.80. The van der Waals surface area contributed by atoms with Crippen LogP contribution in [0, 0.1) is 0 Å². The predicted molar refractivity (Wildman–Crippen MR) is 120 cm³/mol. The molecule has 6 nitrogen and oxygen atoms in total. The molecule has 9 heteroatoms. The summed E-state index contributed by atoms with van der Waals surface area (Å²) in [5, 5.41) is 0.482. The van der Waals surface area contributed by atoms with Crippen molar-refractivity contribution in [3.8, 4) is 0 Å². The maximum Gasteiger partial charge on any atom is 0.340 e. The highest BCUT2D eigenvalue weighted by Gasteiger charge is 2.39. The first-order chi connectivity index (χ1) is 15.3. The van der Waals surface area contributed by atoms with Crippen LogP contribution in [0.2, 0.25) is 15.1 Å². The van der Waals surface area contributed by atoms with Gasteiger partial charge in [-0.3, -0.25) is 14.4 Å². The van der Waals surface area contributed by atoms with Gasteiger partial charge in [0.15, 0.2) is 6.61 Å². The van der Waals surface area contributed by atoms with Crippen molar-refractivity contribution in [3.63, 3.8) is 0 Å². The average molecular weight is 489 g/mol. The van der Waals surface area contributed by atoms with E-state index in [0.29, 0.717) is 0 Å². The molecule has 0 unspecified atom stereocenters. The molecule has 0 bridgehead atoms. The number of Topliss-reactive ketones (excluding diaryl/α,β-unsaturated/α-hetero) is 1. The van der Waals surface area contributed by atoms with Crippen LogP contribution in [-0.2, 0) is 4.74 Å². The van der Waals surface area contributed by atoms with Crippen LogP contribution in [0.25, 0.3) is 0 Å². The number of fused-ring (bicyclic) bond motifs is 1. The Hall–Kier alpha value is -3.19. The van der Waals surface area contributed by atoms with E-state index in [1.54, 1.807) is 30.3 Å². The highest BCUT2D eigenvalue weighted by molar-refractivity contribution is 6.44. The summed E-state index contributed by atoms with van der Waals surface area (Å²) in [5.41, 5.74) is 0.305. The second kappa shape index (κ2) is 8.74. The molecule has 160 valence electrons. The molecule has 0 saturated heterocycles. The normalized spacial score (nSPS) is 12.7. The van der Waals surface area contributed by atoms with Gasteiger partial charge < -0.3 is 4.74 Å². The Labute approximate surface area is 197 Å². The Morgan fingerprint density at radius 3 is 1.88 bits per heavy atom. The van der Waals surface area contributed by atoms with Crippen LogP contribution in [0.1, 0.15) is 41.4 Å². The lowest BCUT2D eigenvalue weighted by Crippen LogP contribution is -2.31. The van der Waals surface area contributed by atoms with Gasteiger partial charge in [-0.2, -0.15) is 0 Å². The summed E-state index contributed by atoms with van der Waals surface area (Å²) in [4.78, 5) is 51.8. The van der Waals surface area contributed by atoms with Crippen molar-refractivity contribution in [2.75, 3.05) is 11.5 Å². The van der Waals surface area contributed by atoms with Gasteiger partial charge in [0.1, 0.15) is 0 Å². The van der Waals surface area contributed by atoms with E-state index < -0.39 is 30.2 Å². The molecule has 0 saturated carbocycles. The van der Waals surface area contributed by atoms with Crippen LogP contribution in [0.15, 0.2) is 60.7 Å². The van der Waals surface area contributed by atoms with Gasteiger partial charge in [-0.15, -0.1) is 0 Å². The fourth-order valence-corrected chi connectivity index (χ4v) is 3.84. The molecular formula is C23H12Cl3NO5. The van der Waals surface area contributed by atoms with Crippen molar-refractivity contribution in [1.82, 2.24) is 0 Å². The first kappa shape index (κ1) is 22.0. The molecular weight excluding hydrogens is 477 g/mol. The molecule has 0 aliphatic carbocycles. The summed E-state index contributed by atoms with van der Waals surface area (Å²) in [5.74, 6) is -2.69. The van der Waals surface area contributed by atoms with Gasteiger partial charge in [0.05, 0.1) is 37.4 Å². The van der Waals surface area contributed by atoms with Crippen LogP contribution in [0.3, 0.4) is 0 Å². The van der Waals surface area contributed by atoms with Crippen molar-refractivity contribution in [2.24, 2.45) is 0 Å². The number of esters is 1. The lowest BCUT2D eigenvalue weighted by molar-refractivity contribution is 0.0475. The fraction of sp³-hybridized carbons (Fsp3) is 0.0435. The monoisotopic (exact) mass is 487 g/mol.